The second kappa shape index (κ2) is 5.71. The molecule has 2 heterocycles. The number of hydrazine groups is 1. The van der Waals surface area contributed by atoms with Gasteiger partial charge in [-0.05, 0) is 19.4 Å². The molecule has 3 aromatic rings. The van der Waals surface area contributed by atoms with Crippen molar-refractivity contribution in [3.63, 3.8) is 0 Å². The van der Waals surface area contributed by atoms with Crippen LogP contribution >= 0.6 is 11.8 Å². The summed E-state index contributed by atoms with van der Waals surface area (Å²) in [5.74, 6) is 6.63. The van der Waals surface area contributed by atoms with Crippen LogP contribution in [0.4, 0.5) is 5.95 Å². The van der Waals surface area contributed by atoms with E-state index in [9.17, 15) is 0 Å². The average molecular weight is 300 g/mol. The van der Waals surface area contributed by atoms with Gasteiger partial charge in [0.25, 0.3) is 0 Å². The first-order chi connectivity index (χ1) is 10.2. The molecule has 1 aromatic carbocycles. The molecule has 0 fully saturated rings. The molecule has 3 rings (SSSR count). The van der Waals surface area contributed by atoms with Crippen molar-refractivity contribution in [2.75, 3.05) is 5.43 Å². The smallest absolute Gasteiger partial charge is 0.240 e. The SMILES string of the molecule is Cc1cc(C)cc(CSc2nc(NN)nc3[nH]ncc23)c1. The van der Waals surface area contributed by atoms with E-state index < -0.39 is 0 Å². The first-order valence-corrected chi connectivity index (χ1v) is 7.52. The van der Waals surface area contributed by atoms with E-state index in [1.54, 1.807) is 18.0 Å². The number of benzene rings is 1. The largest absolute Gasteiger partial charge is 0.292 e. The highest BCUT2D eigenvalue weighted by atomic mass is 32.2. The van der Waals surface area contributed by atoms with Crippen LogP contribution in [0.15, 0.2) is 29.4 Å². The van der Waals surface area contributed by atoms with Gasteiger partial charge in [-0.3, -0.25) is 10.5 Å². The standard InChI is InChI=1S/C14H16N6S/c1-8-3-9(2)5-10(4-8)7-21-13-11-6-16-20-12(11)17-14(18-13)19-15/h3-6H,7,15H2,1-2H3,(H2,16,17,18,19,20). The number of hydrogen-bond acceptors (Lipinski definition) is 6. The van der Waals surface area contributed by atoms with E-state index in [1.807, 2.05) is 0 Å². The Morgan fingerprint density at radius 2 is 1.95 bits per heavy atom. The number of fused-ring (bicyclic) bond motifs is 1. The van der Waals surface area contributed by atoms with E-state index in [0.717, 1.165) is 16.2 Å². The maximum Gasteiger partial charge on any atom is 0.240 e. The Kier molecular flexibility index (Phi) is 3.76. The molecule has 0 bridgehead atoms. The van der Waals surface area contributed by atoms with Gasteiger partial charge in [0.15, 0.2) is 5.65 Å². The predicted octanol–water partition coefficient (Wildman–Crippen LogP) is 2.55. The summed E-state index contributed by atoms with van der Waals surface area (Å²) < 4.78 is 0. The number of H-pyrrole nitrogens is 1. The van der Waals surface area contributed by atoms with Crippen molar-refractivity contribution in [3.8, 4) is 0 Å². The van der Waals surface area contributed by atoms with E-state index >= 15 is 0 Å². The molecule has 7 heteroatoms. The minimum atomic E-state index is 0.384. The summed E-state index contributed by atoms with van der Waals surface area (Å²) in [6.07, 6.45) is 1.74. The van der Waals surface area contributed by atoms with Gasteiger partial charge < -0.3 is 0 Å². The number of rotatable bonds is 4. The molecule has 2 aromatic heterocycles. The molecule has 0 amide bonds. The number of nitrogen functional groups attached to an aromatic ring is 1. The predicted molar refractivity (Wildman–Crippen MR) is 85.0 cm³/mol. The van der Waals surface area contributed by atoms with E-state index in [4.69, 9.17) is 5.84 Å². The number of nitrogens with zero attached hydrogens (tertiary/aromatic N) is 3. The van der Waals surface area contributed by atoms with Crippen LogP contribution in [-0.2, 0) is 5.75 Å². The number of thioether (sulfide) groups is 1. The molecule has 0 aliphatic carbocycles. The molecule has 6 nitrogen and oxygen atoms in total. The van der Waals surface area contributed by atoms with E-state index in [2.05, 4.69) is 57.6 Å². The van der Waals surface area contributed by atoms with Crippen LogP contribution < -0.4 is 11.3 Å². The Bertz CT molecular complexity index is 762. The zero-order valence-electron chi connectivity index (χ0n) is 11.8. The summed E-state index contributed by atoms with van der Waals surface area (Å²) in [5.41, 5.74) is 6.98. The number of nitrogens with two attached hydrogens (primary N) is 1. The van der Waals surface area contributed by atoms with Crippen LogP contribution in [0.5, 0.6) is 0 Å². The second-order valence-corrected chi connectivity index (χ2v) is 5.88. The summed E-state index contributed by atoms with van der Waals surface area (Å²) in [4.78, 5) is 8.63. The molecule has 108 valence electrons. The fourth-order valence-corrected chi connectivity index (χ4v) is 3.21. The molecule has 0 spiro atoms. The van der Waals surface area contributed by atoms with Gasteiger partial charge in [0.1, 0.15) is 5.03 Å². The first-order valence-electron chi connectivity index (χ1n) is 6.53. The fourth-order valence-electron chi connectivity index (χ4n) is 2.29. The summed E-state index contributed by atoms with van der Waals surface area (Å²) in [5, 5.41) is 8.62. The zero-order valence-corrected chi connectivity index (χ0v) is 12.7. The molecule has 0 aliphatic heterocycles. The second-order valence-electron chi connectivity index (χ2n) is 4.91. The minimum Gasteiger partial charge on any atom is -0.292 e. The average Bonchev–Trinajstić information content (AvgIpc) is 2.91. The zero-order chi connectivity index (χ0) is 14.8. The third-order valence-electron chi connectivity index (χ3n) is 3.06. The van der Waals surface area contributed by atoms with Gasteiger partial charge in [-0.1, -0.05) is 29.3 Å². The van der Waals surface area contributed by atoms with E-state index in [0.29, 0.717) is 11.6 Å². The van der Waals surface area contributed by atoms with Crippen molar-refractivity contribution in [1.82, 2.24) is 20.2 Å². The molecular formula is C14H16N6S. The van der Waals surface area contributed by atoms with Crippen molar-refractivity contribution >= 4 is 28.7 Å². The van der Waals surface area contributed by atoms with E-state index in [1.165, 1.54) is 16.7 Å². The normalized spacial score (nSPS) is 11.0. The van der Waals surface area contributed by atoms with Gasteiger partial charge in [0.05, 0.1) is 11.6 Å². The quantitative estimate of drug-likeness (QED) is 0.297. The molecule has 0 unspecified atom stereocenters. The number of hydrogen-bond donors (Lipinski definition) is 3. The van der Waals surface area contributed by atoms with Gasteiger partial charge in [0.2, 0.25) is 5.95 Å². The van der Waals surface area contributed by atoms with Gasteiger partial charge >= 0.3 is 0 Å². The van der Waals surface area contributed by atoms with Crippen molar-refractivity contribution in [3.05, 3.63) is 41.1 Å². The first kappa shape index (κ1) is 13.8. The van der Waals surface area contributed by atoms with Crippen molar-refractivity contribution < 1.29 is 0 Å². The number of aromatic amines is 1. The monoisotopic (exact) mass is 300 g/mol. The maximum absolute atomic E-state index is 5.41. The summed E-state index contributed by atoms with van der Waals surface area (Å²) in [6.45, 7) is 4.22. The number of anilines is 1. The Morgan fingerprint density at radius 3 is 2.67 bits per heavy atom. The maximum atomic E-state index is 5.41. The fraction of sp³-hybridized carbons (Fsp3) is 0.214. The van der Waals surface area contributed by atoms with Gasteiger partial charge in [-0.15, -0.1) is 11.8 Å². The lowest BCUT2D eigenvalue weighted by Crippen LogP contribution is -2.10. The molecule has 0 radical (unpaired) electrons. The van der Waals surface area contributed by atoms with Gasteiger partial charge in [0, 0.05) is 5.75 Å². The van der Waals surface area contributed by atoms with Crippen molar-refractivity contribution in [1.29, 1.82) is 0 Å². The Morgan fingerprint density at radius 1 is 1.19 bits per heavy atom. The van der Waals surface area contributed by atoms with Crippen LogP contribution in [0.2, 0.25) is 0 Å². The Hall–Kier alpha value is -2.12. The highest BCUT2D eigenvalue weighted by molar-refractivity contribution is 7.98. The molecule has 0 atom stereocenters. The molecule has 0 saturated heterocycles. The van der Waals surface area contributed by atoms with Crippen LogP contribution in [0.1, 0.15) is 16.7 Å². The molecule has 0 aliphatic rings. The van der Waals surface area contributed by atoms with Gasteiger partial charge in [-0.25, -0.2) is 10.8 Å². The summed E-state index contributed by atoms with van der Waals surface area (Å²) in [6, 6.07) is 6.55. The topological polar surface area (TPSA) is 92.5 Å². The molecular weight excluding hydrogens is 284 g/mol. The lowest BCUT2D eigenvalue weighted by Gasteiger charge is -2.06. The number of aromatic nitrogens is 4. The molecule has 0 saturated carbocycles. The minimum absolute atomic E-state index is 0.384. The van der Waals surface area contributed by atoms with Crippen LogP contribution in [0.25, 0.3) is 11.0 Å². The molecule has 21 heavy (non-hydrogen) atoms. The lowest BCUT2D eigenvalue weighted by atomic mass is 10.1. The highest BCUT2D eigenvalue weighted by Gasteiger charge is 2.10. The Balaban J connectivity index is 1.89. The third-order valence-corrected chi connectivity index (χ3v) is 4.12. The van der Waals surface area contributed by atoms with Crippen LogP contribution in [-0.4, -0.2) is 20.2 Å². The highest BCUT2D eigenvalue weighted by Crippen LogP contribution is 2.28. The third kappa shape index (κ3) is 2.98. The van der Waals surface area contributed by atoms with Crippen molar-refractivity contribution in [2.45, 2.75) is 24.6 Å². The van der Waals surface area contributed by atoms with Crippen LogP contribution in [0.3, 0.4) is 0 Å². The molecule has 4 N–H and O–H groups in total. The van der Waals surface area contributed by atoms with E-state index in [-0.39, 0.29) is 0 Å². The van der Waals surface area contributed by atoms with Gasteiger partial charge in [-0.2, -0.15) is 10.1 Å². The summed E-state index contributed by atoms with van der Waals surface area (Å²) in [7, 11) is 0. The Labute approximate surface area is 126 Å². The lowest BCUT2D eigenvalue weighted by molar-refractivity contribution is 1.05. The number of nitrogens with one attached hydrogen (secondary N) is 2. The number of aryl methyl sites for hydroxylation is 2. The summed E-state index contributed by atoms with van der Waals surface area (Å²) >= 11 is 1.65. The van der Waals surface area contributed by atoms with Crippen molar-refractivity contribution in [2.24, 2.45) is 5.84 Å². The van der Waals surface area contributed by atoms with Crippen LogP contribution in [0, 0.1) is 13.8 Å².